The van der Waals surface area contributed by atoms with E-state index in [1.54, 1.807) is 24.3 Å². The summed E-state index contributed by atoms with van der Waals surface area (Å²) in [7, 11) is 1.98. The van der Waals surface area contributed by atoms with Gasteiger partial charge in [-0.1, -0.05) is 6.92 Å². The summed E-state index contributed by atoms with van der Waals surface area (Å²) >= 11 is 0. The standard InChI is InChI=1S/C23H24N6O2/c1-3-16-24-29(2)22-14-12-21(13-15-22)28-27-20-10-8-19(9-11-20)26-25-18-6-4-17(5-7-18)23(30)31/h4-15,24H,3,16H2,1-2H3,(H,30,31). The van der Waals surface area contributed by atoms with Gasteiger partial charge in [0.15, 0.2) is 0 Å². The molecule has 0 aliphatic carbocycles. The van der Waals surface area contributed by atoms with Crippen LogP contribution in [-0.4, -0.2) is 24.7 Å². The molecule has 3 aromatic rings. The van der Waals surface area contributed by atoms with Crippen molar-refractivity contribution in [3.05, 3.63) is 78.4 Å². The smallest absolute Gasteiger partial charge is 0.335 e. The number of hydrogen-bond acceptors (Lipinski definition) is 7. The molecule has 0 amide bonds. The lowest BCUT2D eigenvalue weighted by atomic mass is 10.2. The van der Waals surface area contributed by atoms with Crippen molar-refractivity contribution in [2.45, 2.75) is 13.3 Å². The minimum Gasteiger partial charge on any atom is -0.478 e. The van der Waals surface area contributed by atoms with Crippen LogP contribution in [0.4, 0.5) is 28.4 Å². The van der Waals surface area contributed by atoms with Crippen LogP contribution < -0.4 is 10.4 Å². The Bertz CT molecular complexity index is 1040. The molecular formula is C23H24N6O2. The Hall–Kier alpha value is -3.91. The Kier molecular flexibility index (Phi) is 7.56. The van der Waals surface area contributed by atoms with Crippen LogP contribution in [-0.2, 0) is 0 Å². The van der Waals surface area contributed by atoms with Crippen LogP contribution in [0.2, 0.25) is 0 Å². The molecule has 0 aliphatic heterocycles. The first-order valence-corrected chi connectivity index (χ1v) is 9.89. The van der Waals surface area contributed by atoms with E-state index in [0.717, 1.165) is 24.3 Å². The van der Waals surface area contributed by atoms with Crippen LogP contribution in [0.1, 0.15) is 23.7 Å². The maximum absolute atomic E-state index is 10.9. The number of hydrazine groups is 1. The van der Waals surface area contributed by atoms with Gasteiger partial charge in [0.1, 0.15) is 0 Å². The third-order valence-electron chi connectivity index (χ3n) is 4.36. The fourth-order valence-corrected chi connectivity index (χ4v) is 2.60. The predicted molar refractivity (Wildman–Crippen MR) is 121 cm³/mol. The molecule has 3 aromatic carbocycles. The minimum atomic E-state index is -0.972. The van der Waals surface area contributed by atoms with Gasteiger partial charge in [-0.25, -0.2) is 10.2 Å². The van der Waals surface area contributed by atoms with Crippen molar-refractivity contribution in [1.82, 2.24) is 5.43 Å². The van der Waals surface area contributed by atoms with Crippen molar-refractivity contribution < 1.29 is 9.90 Å². The van der Waals surface area contributed by atoms with Crippen molar-refractivity contribution >= 4 is 34.4 Å². The number of carbonyl (C=O) groups is 1. The fourth-order valence-electron chi connectivity index (χ4n) is 2.60. The maximum atomic E-state index is 10.9. The lowest BCUT2D eigenvalue weighted by Crippen LogP contribution is -2.34. The number of carboxylic acid groups (broad SMARTS) is 1. The lowest BCUT2D eigenvalue weighted by molar-refractivity contribution is 0.0697. The van der Waals surface area contributed by atoms with Crippen molar-refractivity contribution in [1.29, 1.82) is 0 Å². The van der Waals surface area contributed by atoms with Gasteiger partial charge in [-0.3, -0.25) is 0 Å². The molecular weight excluding hydrogens is 392 g/mol. The van der Waals surface area contributed by atoms with Gasteiger partial charge in [-0.2, -0.15) is 20.5 Å². The minimum absolute atomic E-state index is 0.212. The Morgan fingerprint density at radius 2 is 1.16 bits per heavy atom. The zero-order valence-corrected chi connectivity index (χ0v) is 17.4. The Labute approximate surface area is 180 Å². The number of azo groups is 2. The summed E-state index contributed by atoms with van der Waals surface area (Å²) < 4.78 is 0. The van der Waals surface area contributed by atoms with Crippen molar-refractivity contribution in [3.8, 4) is 0 Å². The summed E-state index contributed by atoms with van der Waals surface area (Å²) in [5.74, 6) is -0.972. The largest absolute Gasteiger partial charge is 0.478 e. The van der Waals surface area contributed by atoms with E-state index in [9.17, 15) is 4.79 Å². The molecule has 0 fully saturated rings. The Balaban J connectivity index is 1.58. The molecule has 8 nitrogen and oxygen atoms in total. The molecule has 8 heteroatoms. The SMILES string of the molecule is CCCNN(C)c1ccc(N=Nc2ccc(N=Nc3ccc(C(=O)O)cc3)cc2)cc1. The molecule has 0 atom stereocenters. The number of benzene rings is 3. The highest BCUT2D eigenvalue weighted by Gasteiger charge is 2.01. The fraction of sp³-hybridized carbons (Fsp3) is 0.174. The number of anilines is 1. The monoisotopic (exact) mass is 416 g/mol. The van der Waals surface area contributed by atoms with E-state index in [1.807, 2.05) is 48.5 Å². The average Bonchev–Trinajstić information content (AvgIpc) is 2.81. The average molecular weight is 416 g/mol. The van der Waals surface area contributed by atoms with Crippen LogP contribution in [0.25, 0.3) is 0 Å². The molecule has 0 heterocycles. The molecule has 0 spiro atoms. The summed E-state index contributed by atoms with van der Waals surface area (Å²) in [6.45, 7) is 3.05. The second-order valence-corrected chi connectivity index (χ2v) is 6.75. The van der Waals surface area contributed by atoms with Crippen molar-refractivity contribution in [2.75, 3.05) is 18.6 Å². The Morgan fingerprint density at radius 1 is 0.774 bits per heavy atom. The highest BCUT2D eigenvalue weighted by atomic mass is 16.4. The summed E-state index contributed by atoms with van der Waals surface area (Å²) in [4.78, 5) is 10.9. The first-order valence-electron chi connectivity index (χ1n) is 9.89. The van der Waals surface area contributed by atoms with Crippen molar-refractivity contribution in [2.24, 2.45) is 20.5 Å². The number of rotatable bonds is 9. The molecule has 0 radical (unpaired) electrons. The Morgan fingerprint density at radius 3 is 1.55 bits per heavy atom. The topological polar surface area (TPSA) is 102 Å². The van der Waals surface area contributed by atoms with Gasteiger partial charge in [-0.05, 0) is 79.2 Å². The molecule has 31 heavy (non-hydrogen) atoms. The summed E-state index contributed by atoms with van der Waals surface area (Å²) in [5.41, 5.74) is 7.27. The van der Waals surface area contributed by atoms with Gasteiger partial charge in [0.05, 0.1) is 34.0 Å². The summed E-state index contributed by atoms with van der Waals surface area (Å²) in [6, 6.07) is 21.2. The molecule has 0 saturated heterocycles. The van der Waals surface area contributed by atoms with Gasteiger partial charge in [0.2, 0.25) is 0 Å². The third-order valence-corrected chi connectivity index (χ3v) is 4.36. The molecule has 0 aliphatic rings. The van der Waals surface area contributed by atoms with Gasteiger partial charge in [0.25, 0.3) is 0 Å². The number of nitrogens with zero attached hydrogens (tertiary/aromatic N) is 5. The first-order chi connectivity index (χ1) is 15.0. The lowest BCUT2D eigenvalue weighted by Gasteiger charge is -2.19. The van der Waals surface area contributed by atoms with Gasteiger partial charge >= 0.3 is 5.97 Å². The number of aromatic carboxylic acids is 1. The highest BCUT2D eigenvalue weighted by molar-refractivity contribution is 5.87. The quantitative estimate of drug-likeness (QED) is 0.304. The van der Waals surface area contributed by atoms with Crippen LogP contribution in [0.15, 0.2) is 93.3 Å². The predicted octanol–water partition coefficient (Wildman–Crippen LogP) is 6.57. The zero-order valence-electron chi connectivity index (χ0n) is 17.4. The van der Waals surface area contributed by atoms with E-state index in [2.05, 4.69) is 32.8 Å². The van der Waals surface area contributed by atoms with Gasteiger partial charge in [0, 0.05) is 13.6 Å². The molecule has 0 aromatic heterocycles. The van der Waals surface area contributed by atoms with E-state index >= 15 is 0 Å². The zero-order chi connectivity index (χ0) is 22.1. The number of carboxylic acids is 1. The molecule has 0 saturated carbocycles. The van der Waals surface area contributed by atoms with Crippen LogP contribution in [0, 0.1) is 0 Å². The van der Waals surface area contributed by atoms with E-state index in [-0.39, 0.29) is 5.56 Å². The van der Waals surface area contributed by atoms with Gasteiger partial charge in [-0.15, -0.1) is 0 Å². The third kappa shape index (κ3) is 6.55. The second-order valence-electron chi connectivity index (χ2n) is 6.75. The maximum Gasteiger partial charge on any atom is 0.335 e. The normalized spacial score (nSPS) is 11.3. The number of nitrogens with one attached hydrogen (secondary N) is 1. The van der Waals surface area contributed by atoms with Crippen molar-refractivity contribution in [3.63, 3.8) is 0 Å². The molecule has 0 unspecified atom stereocenters. The van der Waals surface area contributed by atoms with Crippen LogP contribution >= 0.6 is 0 Å². The number of hydrogen-bond donors (Lipinski definition) is 2. The molecule has 2 N–H and O–H groups in total. The summed E-state index contributed by atoms with van der Waals surface area (Å²) in [5, 5.41) is 27.7. The molecule has 0 bridgehead atoms. The van der Waals surface area contributed by atoms with E-state index in [0.29, 0.717) is 17.1 Å². The summed E-state index contributed by atoms with van der Waals surface area (Å²) in [6.07, 6.45) is 1.07. The van der Waals surface area contributed by atoms with E-state index < -0.39 is 5.97 Å². The molecule has 158 valence electrons. The highest BCUT2D eigenvalue weighted by Crippen LogP contribution is 2.24. The van der Waals surface area contributed by atoms with E-state index in [4.69, 9.17) is 5.11 Å². The van der Waals surface area contributed by atoms with Crippen LogP contribution in [0.5, 0.6) is 0 Å². The van der Waals surface area contributed by atoms with Crippen LogP contribution in [0.3, 0.4) is 0 Å². The molecule has 3 rings (SSSR count). The van der Waals surface area contributed by atoms with E-state index in [1.165, 1.54) is 12.1 Å². The first kappa shape index (κ1) is 21.8. The second kappa shape index (κ2) is 10.7. The van der Waals surface area contributed by atoms with Gasteiger partial charge < -0.3 is 10.1 Å².